The van der Waals surface area contributed by atoms with Gasteiger partial charge in [-0.15, -0.1) is 0 Å². The van der Waals surface area contributed by atoms with Crippen molar-refractivity contribution < 1.29 is 9.13 Å². The molecular formula is C16H16ClFN2O. The van der Waals surface area contributed by atoms with E-state index in [0.717, 1.165) is 24.3 Å². The molecule has 0 aromatic heterocycles. The monoisotopic (exact) mass is 306 g/mol. The first-order chi connectivity index (χ1) is 10.2. The van der Waals surface area contributed by atoms with Crippen molar-refractivity contribution >= 4 is 17.3 Å². The first-order valence-electron chi connectivity index (χ1n) is 6.84. The summed E-state index contributed by atoms with van der Waals surface area (Å²) in [6.45, 7) is 1.12. The second-order valence-corrected chi connectivity index (χ2v) is 5.49. The van der Waals surface area contributed by atoms with Gasteiger partial charge in [0, 0.05) is 23.7 Å². The van der Waals surface area contributed by atoms with Crippen LogP contribution in [0.2, 0.25) is 5.02 Å². The van der Waals surface area contributed by atoms with Crippen molar-refractivity contribution in [1.29, 1.82) is 0 Å². The quantitative estimate of drug-likeness (QED) is 0.908. The molecule has 1 unspecified atom stereocenters. The maximum atomic E-state index is 13.4. The van der Waals surface area contributed by atoms with Crippen molar-refractivity contribution in [2.75, 3.05) is 18.5 Å². The molecule has 0 saturated heterocycles. The molecule has 1 atom stereocenters. The molecule has 3 rings (SSSR count). The fourth-order valence-electron chi connectivity index (χ4n) is 2.54. The smallest absolute Gasteiger partial charge is 0.126 e. The zero-order chi connectivity index (χ0) is 14.8. The molecule has 3 nitrogen and oxygen atoms in total. The summed E-state index contributed by atoms with van der Waals surface area (Å²) >= 11 is 5.87. The standard InChI is InChI=1S/C16H16ClFN2O/c17-12-6-13(18)8-14(7-12)20-15(9-19)10-1-2-16-11(5-10)3-4-21-16/h1-2,5-8,15,20H,3-4,9,19H2. The Bertz CT molecular complexity index is 642. The summed E-state index contributed by atoms with van der Waals surface area (Å²) in [4.78, 5) is 0. The summed E-state index contributed by atoms with van der Waals surface area (Å²) in [6.07, 6.45) is 0.909. The van der Waals surface area contributed by atoms with Gasteiger partial charge >= 0.3 is 0 Å². The number of halogens is 2. The number of benzene rings is 2. The van der Waals surface area contributed by atoms with Crippen LogP contribution in [0.5, 0.6) is 5.75 Å². The van der Waals surface area contributed by atoms with Crippen LogP contribution >= 0.6 is 11.6 Å². The Morgan fingerprint density at radius 3 is 2.90 bits per heavy atom. The number of hydrogen-bond donors (Lipinski definition) is 2. The fraction of sp³-hybridized carbons (Fsp3) is 0.250. The maximum Gasteiger partial charge on any atom is 0.126 e. The van der Waals surface area contributed by atoms with E-state index in [4.69, 9.17) is 22.1 Å². The molecule has 2 aromatic carbocycles. The SMILES string of the molecule is NCC(Nc1cc(F)cc(Cl)c1)c1ccc2c(c1)CCO2. The fourth-order valence-corrected chi connectivity index (χ4v) is 2.76. The summed E-state index contributed by atoms with van der Waals surface area (Å²) in [6, 6.07) is 10.3. The van der Waals surface area contributed by atoms with Crippen LogP contribution in [0.1, 0.15) is 17.2 Å². The Kier molecular flexibility index (Phi) is 3.99. The summed E-state index contributed by atoms with van der Waals surface area (Å²) in [5, 5.41) is 3.58. The van der Waals surface area contributed by atoms with Crippen molar-refractivity contribution in [1.82, 2.24) is 0 Å². The Labute approximate surface area is 127 Å². The van der Waals surface area contributed by atoms with Gasteiger partial charge < -0.3 is 15.8 Å². The van der Waals surface area contributed by atoms with Crippen molar-refractivity contribution in [2.45, 2.75) is 12.5 Å². The Balaban J connectivity index is 1.84. The van der Waals surface area contributed by atoms with Crippen LogP contribution in [0.4, 0.5) is 10.1 Å². The molecule has 21 heavy (non-hydrogen) atoms. The molecule has 0 spiro atoms. The van der Waals surface area contributed by atoms with Crippen molar-refractivity contribution in [2.24, 2.45) is 5.73 Å². The molecule has 2 aromatic rings. The van der Waals surface area contributed by atoms with Gasteiger partial charge in [-0.05, 0) is 41.5 Å². The van der Waals surface area contributed by atoms with Crippen LogP contribution < -0.4 is 15.8 Å². The first kappa shape index (κ1) is 14.2. The van der Waals surface area contributed by atoms with Crippen molar-refractivity contribution in [3.63, 3.8) is 0 Å². The second-order valence-electron chi connectivity index (χ2n) is 5.06. The van der Waals surface area contributed by atoms with Crippen LogP contribution in [-0.2, 0) is 6.42 Å². The Morgan fingerprint density at radius 1 is 1.29 bits per heavy atom. The van der Waals surface area contributed by atoms with Gasteiger partial charge in [0.05, 0.1) is 12.6 Å². The number of nitrogens with one attached hydrogen (secondary N) is 1. The molecule has 0 radical (unpaired) electrons. The first-order valence-corrected chi connectivity index (χ1v) is 7.22. The number of rotatable bonds is 4. The largest absolute Gasteiger partial charge is 0.493 e. The lowest BCUT2D eigenvalue weighted by molar-refractivity contribution is 0.357. The number of fused-ring (bicyclic) bond motifs is 1. The minimum absolute atomic E-state index is 0.103. The topological polar surface area (TPSA) is 47.3 Å². The molecule has 3 N–H and O–H groups in total. The van der Waals surface area contributed by atoms with Crippen LogP contribution in [0.3, 0.4) is 0 Å². The molecule has 110 valence electrons. The zero-order valence-electron chi connectivity index (χ0n) is 11.4. The summed E-state index contributed by atoms with van der Waals surface area (Å²) in [7, 11) is 0. The van der Waals surface area contributed by atoms with Gasteiger partial charge in [0.25, 0.3) is 0 Å². The van der Waals surface area contributed by atoms with E-state index in [1.165, 1.54) is 17.7 Å². The third-order valence-electron chi connectivity index (χ3n) is 3.56. The van der Waals surface area contributed by atoms with E-state index in [2.05, 4.69) is 11.4 Å². The predicted molar refractivity (Wildman–Crippen MR) is 82.5 cm³/mol. The van der Waals surface area contributed by atoms with Crippen LogP contribution in [0.15, 0.2) is 36.4 Å². The molecule has 0 fully saturated rings. The van der Waals surface area contributed by atoms with E-state index in [9.17, 15) is 4.39 Å². The predicted octanol–water partition coefficient (Wildman–Crippen LogP) is 3.53. The third kappa shape index (κ3) is 3.12. The molecule has 5 heteroatoms. The average molecular weight is 307 g/mol. The minimum atomic E-state index is -0.372. The average Bonchev–Trinajstić information content (AvgIpc) is 2.91. The van der Waals surface area contributed by atoms with Gasteiger partial charge in [-0.1, -0.05) is 17.7 Å². The molecule has 0 amide bonds. The third-order valence-corrected chi connectivity index (χ3v) is 3.77. The highest BCUT2D eigenvalue weighted by molar-refractivity contribution is 6.30. The van der Waals surface area contributed by atoms with Gasteiger partial charge in [-0.3, -0.25) is 0 Å². The lowest BCUT2D eigenvalue weighted by Gasteiger charge is -2.19. The summed E-state index contributed by atoms with van der Waals surface area (Å²) in [5.41, 5.74) is 8.71. The van der Waals surface area contributed by atoms with Gasteiger partial charge in [0.15, 0.2) is 0 Å². The number of hydrogen-bond acceptors (Lipinski definition) is 3. The number of anilines is 1. The molecule has 0 saturated carbocycles. The minimum Gasteiger partial charge on any atom is -0.493 e. The molecule has 1 aliphatic heterocycles. The highest BCUT2D eigenvalue weighted by Gasteiger charge is 2.16. The van der Waals surface area contributed by atoms with Gasteiger partial charge in [0.1, 0.15) is 11.6 Å². The number of ether oxygens (including phenoxy) is 1. The van der Waals surface area contributed by atoms with Crippen molar-refractivity contribution in [3.8, 4) is 5.75 Å². The van der Waals surface area contributed by atoms with E-state index >= 15 is 0 Å². The van der Waals surface area contributed by atoms with Crippen molar-refractivity contribution in [3.05, 3.63) is 58.4 Å². The Hall–Kier alpha value is -1.78. The van der Waals surface area contributed by atoms with E-state index in [1.54, 1.807) is 6.07 Å². The highest BCUT2D eigenvalue weighted by Crippen LogP contribution is 2.29. The van der Waals surface area contributed by atoms with Crippen LogP contribution in [0.25, 0.3) is 0 Å². The molecule has 1 aliphatic rings. The Morgan fingerprint density at radius 2 is 2.14 bits per heavy atom. The van der Waals surface area contributed by atoms with E-state index < -0.39 is 0 Å². The second kappa shape index (κ2) is 5.92. The molecule has 1 heterocycles. The highest BCUT2D eigenvalue weighted by atomic mass is 35.5. The zero-order valence-corrected chi connectivity index (χ0v) is 12.2. The summed E-state index contributed by atoms with van der Waals surface area (Å²) in [5.74, 6) is 0.562. The van der Waals surface area contributed by atoms with Crippen LogP contribution in [-0.4, -0.2) is 13.2 Å². The number of nitrogens with two attached hydrogens (primary N) is 1. The van der Waals surface area contributed by atoms with E-state index in [0.29, 0.717) is 17.3 Å². The van der Waals surface area contributed by atoms with E-state index in [1.807, 2.05) is 12.1 Å². The molecule has 0 bridgehead atoms. The normalized spacial score (nSPS) is 14.4. The molecular weight excluding hydrogens is 291 g/mol. The van der Waals surface area contributed by atoms with Crippen LogP contribution in [0, 0.1) is 5.82 Å². The lowest BCUT2D eigenvalue weighted by Crippen LogP contribution is -2.20. The van der Waals surface area contributed by atoms with Gasteiger partial charge in [-0.25, -0.2) is 4.39 Å². The molecule has 0 aliphatic carbocycles. The van der Waals surface area contributed by atoms with Gasteiger partial charge in [0.2, 0.25) is 0 Å². The lowest BCUT2D eigenvalue weighted by atomic mass is 10.0. The van der Waals surface area contributed by atoms with E-state index in [-0.39, 0.29) is 11.9 Å². The van der Waals surface area contributed by atoms with Gasteiger partial charge in [-0.2, -0.15) is 0 Å². The maximum absolute atomic E-state index is 13.4. The summed E-state index contributed by atoms with van der Waals surface area (Å²) < 4.78 is 18.9.